The summed E-state index contributed by atoms with van der Waals surface area (Å²) in [7, 11) is 0. The minimum atomic E-state index is -0.219. The first-order chi connectivity index (χ1) is 5.24. The van der Waals surface area contributed by atoms with Gasteiger partial charge in [0.2, 0.25) is 0 Å². The van der Waals surface area contributed by atoms with E-state index < -0.39 is 0 Å². The third kappa shape index (κ3) is 2.13. The van der Waals surface area contributed by atoms with Crippen LogP contribution in [0.25, 0.3) is 0 Å². The van der Waals surface area contributed by atoms with E-state index in [4.69, 9.17) is 5.11 Å². The molecule has 0 aliphatic rings. The van der Waals surface area contributed by atoms with E-state index in [1.807, 2.05) is 0 Å². The molecule has 0 aromatic carbocycles. The number of aromatic nitrogens is 2. The van der Waals surface area contributed by atoms with Crippen LogP contribution >= 0.6 is 15.9 Å². The van der Waals surface area contributed by atoms with Gasteiger partial charge < -0.3 is 10.1 Å². The van der Waals surface area contributed by atoms with Crippen LogP contribution in [0.5, 0.6) is 0 Å². The van der Waals surface area contributed by atoms with Crippen molar-refractivity contribution in [2.45, 2.75) is 6.42 Å². The summed E-state index contributed by atoms with van der Waals surface area (Å²) >= 11 is 3.01. The van der Waals surface area contributed by atoms with E-state index in [0.717, 1.165) is 0 Å². The van der Waals surface area contributed by atoms with Crippen LogP contribution in [-0.2, 0) is 6.42 Å². The van der Waals surface area contributed by atoms with Gasteiger partial charge in [-0.3, -0.25) is 4.79 Å². The molecule has 0 unspecified atom stereocenters. The molecule has 0 spiro atoms. The smallest absolute Gasteiger partial charge is 0.265 e. The van der Waals surface area contributed by atoms with Crippen molar-refractivity contribution in [2.75, 3.05) is 6.61 Å². The number of aliphatic hydroxyl groups excluding tert-OH is 1. The van der Waals surface area contributed by atoms with Gasteiger partial charge in [0.15, 0.2) is 0 Å². The molecule has 0 radical (unpaired) electrons. The van der Waals surface area contributed by atoms with Crippen LogP contribution in [0.3, 0.4) is 0 Å². The van der Waals surface area contributed by atoms with Gasteiger partial charge >= 0.3 is 0 Å². The average Bonchev–Trinajstić information content (AvgIpc) is 1.98. The van der Waals surface area contributed by atoms with Crippen LogP contribution in [0.4, 0.5) is 0 Å². The standard InChI is InChI=1S/C6H7BrN2O2/c7-4-3-8-5(1-2-10)9-6(4)11/h3,10H,1-2H2,(H,8,9,11). The Bertz CT molecular complexity index is 297. The lowest BCUT2D eigenvalue weighted by atomic mass is 10.4. The van der Waals surface area contributed by atoms with Crippen LogP contribution < -0.4 is 5.56 Å². The van der Waals surface area contributed by atoms with E-state index in [1.54, 1.807) is 0 Å². The second kappa shape index (κ2) is 3.64. The van der Waals surface area contributed by atoms with Gasteiger partial charge in [-0.1, -0.05) is 0 Å². The van der Waals surface area contributed by atoms with Crippen LogP contribution in [0.2, 0.25) is 0 Å². The quantitative estimate of drug-likeness (QED) is 0.739. The number of nitrogens with zero attached hydrogens (tertiary/aromatic N) is 1. The Hall–Kier alpha value is -0.680. The Labute approximate surface area is 71.4 Å². The number of rotatable bonds is 2. The second-order valence-corrected chi connectivity index (χ2v) is 2.83. The predicted octanol–water partition coefficient (Wildman–Crippen LogP) is 0.0672. The summed E-state index contributed by atoms with van der Waals surface area (Å²) in [6, 6.07) is 0. The van der Waals surface area contributed by atoms with Crippen molar-refractivity contribution in [2.24, 2.45) is 0 Å². The first kappa shape index (κ1) is 8.42. The van der Waals surface area contributed by atoms with Crippen LogP contribution in [0, 0.1) is 0 Å². The largest absolute Gasteiger partial charge is 0.396 e. The molecule has 2 N–H and O–H groups in total. The Balaban J connectivity index is 2.96. The van der Waals surface area contributed by atoms with Gasteiger partial charge in [0.25, 0.3) is 5.56 Å². The first-order valence-corrected chi connectivity index (χ1v) is 3.88. The van der Waals surface area contributed by atoms with Gasteiger partial charge in [-0.25, -0.2) is 4.98 Å². The van der Waals surface area contributed by atoms with Gasteiger partial charge in [-0.15, -0.1) is 0 Å². The molecule has 5 heteroatoms. The summed E-state index contributed by atoms with van der Waals surface area (Å²) in [6.07, 6.45) is 1.80. The minimum absolute atomic E-state index is 0.00935. The van der Waals surface area contributed by atoms with Crippen molar-refractivity contribution in [3.8, 4) is 0 Å². The van der Waals surface area contributed by atoms with Crippen LogP contribution in [0.15, 0.2) is 15.5 Å². The number of hydrogen-bond acceptors (Lipinski definition) is 3. The molecule has 0 amide bonds. The number of hydrogen-bond donors (Lipinski definition) is 2. The molecule has 0 atom stereocenters. The van der Waals surface area contributed by atoms with Crippen molar-refractivity contribution < 1.29 is 5.11 Å². The van der Waals surface area contributed by atoms with Gasteiger partial charge in [0.1, 0.15) is 10.3 Å². The molecule has 0 saturated carbocycles. The lowest BCUT2D eigenvalue weighted by molar-refractivity contribution is 0.296. The maximum absolute atomic E-state index is 10.9. The molecule has 1 aromatic heterocycles. The van der Waals surface area contributed by atoms with Gasteiger partial charge in [0, 0.05) is 12.6 Å². The van der Waals surface area contributed by atoms with E-state index in [0.29, 0.717) is 16.7 Å². The lowest BCUT2D eigenvalue weighted by Crippen LogP contribution is -2.12. The predicted molar refractivity (Wildman–Crippen MR) is 43.3 cm³/mol. The Morgan fingerprint density at radius 3 is 3.00 bits per heavy atom. The number of aliphatic hydroxyl groups is 1. The maximum Gasteiger partial charge on any atom is 0.265 e. The molecular formula is C6H7BrN2O2. The molecular weight excluding hydrogens is 212 g/mol. The fraction of sp³-hybridized carbons (Fsp3) is 0.333. The Kier molecular flexibility index (Phi) is 2.78. The second-order valence-electron chi connectivity index (χ2n) is 1.98. The number of nitrogens with one attached hydrogen (secondary N) is 1. The number of halogens is 1. The topological polar surface area (TPSA) is 66.0 Å². The molecule has 0 aliphatic heterocycles. The van der Waals surface area contributed by atoms with E-state index in [1.165, 1.54) is 6.20 Å². The lowest BCUT2D eigenvalue weighted by Gasteiger charge is -1.95. The first-order valence-electron chi connectivity index (χ1n) is 3.08. The third-order valence-electron chi connectivity index (χ3n) is 1.16. The molecule has 1 rings (SSSR count). The monoisotopic (exact) mass is 218 g/mol. The minimum Gasteiger partial charge on any atom is -0.396 e. The van der Waals surface area contributed by atoms with E-state index in [-0.39, 0.29) is 12.2 Å². The molecule has 0 fully saturated rings. The summed E-state index contributed by atoms with van der Waals surface area (Å²) in [5.74, 6) is 0.501. The highest BCUT2D eigenvalue weighted by Gasteiger charge is 1.97. The normalized spacial score (nSPS) is 10.0. The molecule has 1 aromatic rings. The zero-order valence-corrected chi connectivity index (χ0v) is 7.26. The Morgan fingerprint density at radius 2 is 2.45 bits per heavy atom. The maximum atomic E-state index is 10.9. The number of aromatic amines is 1. The van der Waals surface area contributed by atoms with Crippen molar-refractivity contribution in [3.05, 3.63) is 26.8 Å². The van der Waals surface area contributed by atoms with Gasteiger partial charge in [-0.05, 0) is 15.9 Å². The van der Waals surface area contributed by atoms with Crippen molar-refractivity contribution in [1.29, 1.82) is 0 Å². The molecule has 0 saturated heterocycles. The highest BCUT2D eigenvalue weighted by atomic mass is 79.9. The zero-order chi connectivity index (χ0) is 8.27. The summed E-state index contributed by atoms with van der Waals surface area (Å²) in [5.41, 5.74) is -0.219. The third-order valence-corrected chi connectivity index (χ3v) is 1.72. The number of H-pyrrole nitrogens is 1. The SMILES string of the molecule is O=c1[nH]c(CCO)ncc1Br. The summed E-state index contributed by atoms with van der Waals surface area (Å²) in [5, 5.41) is 8.51. The summed E-state index contributed by atoms with van der Waals surface area (Å²) in [4.78, 5) is 17.3. The summed E-state index contributed by atoms with van der Waals surface area (Å²) < 4.78 is 0.402. The van der Waals surface area contributed by atoms with E-state index in [9.17, 15) is 4.79 Å². The van der Waals surface area contributed by atoms with Crippen molar-refractivity contribution in [3.63, 3.8) is 0 Å². The molecule has 0 bridgehead atoms. The molecule has 1 heterocycles. The Morgan fingerprint density at radius 1 is 1.73 bits per heavy atom. The molecule has 60 valence electrons. The van der Waals surface area contributed by atoms with Gasteiger partial charge in [0.05, 0.1) is 6.61 Å². The van der Waals surface area contributed by atoms with Crippen LogP contribution in [-0.4, -0.2) is 21.7 Å². The molecule has 4 nitrogen and oxygen atoms in total. The fourth-order valence-electron chi connectivity index (χ4n) is 0.649. The van der Waals surface area contributed by atoms with Crippen molar-refractivity contribution >= 4 is 15.9 Å². The zero-order valence-electron chi connectivity index (χ0n) is 5.67. The molecule has 0 aliphatic carbocycles. The average molecular weight is 219 g/mol. The highest BCUT2D eigenvalue weighted by Crippen LogP contribution is 1.98. The van der Waals surface area contributed by atoms with E-state index in [2.05, 4.69) is 25.9 Å². The fourth-order valence-corrected chi connectivity index (χ4v) is 0.851. The van der Waals surface area contributed by atoms with Crippen molar-refractivity contribution in [1.82, 2.24) is 9.97 Å². The highest BCUT2D eigenvalue weighted by molar-refractivity contribution is 9.10. The van der Waals surface area contributed by atoms with Crippen LogP contribution in [0.1, 0.15) is 5.82 Å². The van der Waals surface area contributed by atoms with E-state index >= 15 is 0 Å². The van der Waals surface area contributed by atoms with Gasteiger partial charge in [-0.2, -0.15) is 0 Å². The summed E-state index contributed by atoms with van der Waals surface area (Å²) in [6.45, 7) is -0.00935. The molecule has 11 heavy (non-hydrogen) atoms.